The van der Waals surface area contributed by atoms with E-state index in [4.69, 9.17) is 4.74 Å². The standard InChI is InChI=1S/C8H8F2INO/c1-4-7(8(9)10)5(11)3-6(12-4)13-2/h3,8H,1-2H3. The number of alkyl halides is 2. The summed E-state index contributed by atoms with van der Waals surface area (Å²) in [7, 11) is 1.46. The molecule has 0 saturated heterocycles. The van der Waals surface area contributed by atoms with E-state index in [0.29, 0.717) is 15.1 Å². The molecule has 13 heavy (non-hydrogen) atoms. The summed E-state index contributed by atoms with van der Waals surface area (Å²) in [6.45, 7) is 1.55. The maximum atomic E-state index is 12.4. The van der Waals surface area contributed by atoms with Crippen molar-refractivity contribution in [1.29, 1.82) is 0 Å². The van der Waals surface area contributed by atoms with Gasteiger partial charge in [0.15, 0.2) is 0 Å². The first kappa shape index (κ1) is 10.6. The van der Waals surface area contributed by atoms with Gasteiger partial charge < -0.3 is 4.74 Å². The van der Waals surface area contributed by atoms with Gasteiger partial charge in [-0.1, -0.05) is 0 Å². The molecule has 1 aromatic rings. The van der Waals surface area contributed by atoms with Crippen LogP contribution < -0.4 is 4.74 Å². The maximum Gasteiger partial charge on any atom is 0.266 e. The van der Waals surface area contributed by atoms with Crippen LogP contribution in [-0.4, -0.2) is 12.1 Å². The Balaban J connectivity index is 3.23. The second-order valence-corrected chi connectivity index (χ2v) is 3.61. The van der Waals surface area contributed by atoms with Gasteiger partial charge in [0, 0.05) is 9.64 Å². The molecule has 2 nitrogen and oxygen atoms in total. The molecule has 1 heterocycles. The first-order valence-electron chi connectivity index (χ1n) is 3.55. The SMILES string of the molecule is COc1cc(I)c(C(F)F)c(C)n1. The summed E-state index contributed by atoms with van der Waals surface area (Å²) in [6.07, 6.45) is -2.48. The van der Waals surface area contributed by atoms with Crippen molar-refractivity contribution < 1.29 is 13.5 Å². The number of nitrogens with zero attached hydrogens (tertiary/aromatic N) is 1. The number of hydrogen-bond donors (Lipinski definition) is 0. The van der Waals surface area contributed by atoms with Crippen molar-refractivity contribution in [2.45, 2.75) is 13.3 Å². The monoisotopic (exact) mass is 299 g/mol. The zero-order valence-corrected chi connectivity index (χ0v) is 9.30. The molecule has 72 valence electrons. The molecule has 0 spiro atoms. The van der Waals surface area contributed by atoms with Crippen LogP contribution in [0, 0.1) is 10.5 Å². The van der Waals surface area contributed by atoms with Gasteiger partial charge in [-0.05, 0) is 29.5 Å². The molecule has 1 aromatic heterocycles. The van der Waals surface area contributed by atoms with Gasteiger partial charge in [0.25, 0.3) is 6.43 Å². The number of ether oxygens (including phenoxy) is 1. The van der Waals surface area contributed by atoms with E-state index in [1.165, 1.54) is 13.2 Å². The molecule has 0 bridgehead atoms. The van der Waals surface area contributed by atoms with Gasteiger partial charge in [-0.2, -0.15) is 0 Å². The Morgan fingerprint density at radius 1 is 1.54 bits per heavy atom. The molecule has 0 aliphatic rings. The number of pyridine rings is 1. The Morgan fingerprint density at radius 2 is 2.15 bits per heavy atom. The Kier molecular flexibility index (Phi) is 3.40. The molecule has 0 radical (unpaired) electrons. The highest BCUT2D eigenvalue weighted by atomic mass is 127. The number of aryl methyl sites for hydroxylation is 1. The van der Waals surface area contributed by atoms with Gasteiger partial charge in [-0.15, -0.1) is 0 Å². The molecule has 0 atom stereocenters. The number of rotatable bonds is 2. The fourth-order valence-corrected chi connectivity index (χ4v) is 1.88. The minimum Gasteiger partial charge on any atom is -0.481 e. The number of hydrogen-bond acceptors (Lipinski definition) is 2. The fraction of sp³-hybridized carbons (Fsp3) is 0.375. The molecule has 0 saturated carbocycles. The van der Waals surface area contributed by atoms with Gasteiger partial charge >= 0.3 is 0 Å². The summed E-state index contributed by atoms with van der Waals surface area (Å²) in [4.78, 5) is 3.87. The summed E-state index contributed by atoms with van der Waals surface area (Å²) in [5, 5.41) is 0. The minimum atomic E-state index is -2.48. The van der Waals surface area contributed by atoms with Gasteiger partial charge in [-0.3, -0.25) is 0 Å². The lowest BCUT2D eigenvalue weighted by atomic mass is 10.2. The zero-order chi connectivity index (χ0) is 10.0. The lowest BCUT2D eigenvalue weighted by Gasteiger charge is -2.08. The summed E-state index contributed by atoms with van der Waals surface area (Å²) >= 11 is 1.85. The summed E-state index contributed by atoms with van der Waals surface area (Å²) in [5.41, 5.74) is 0.306. The Morgan fingerprint density at radius 3 is 2.54 bits per heavy atom. The summed E-state index contributed by atoms with van der Waals surface area (Å²) in [6, 6.07) is 1.50. The van der Waals surface area contributed by atoms with Crippen LogP contribution >= 0.6 is 22.6 Å². The summed E-state index contributed by atoms with van der Waals surface area (Å²) in [5.74, 6) is 0.367. The minimum absolute atomic E-state index is 0.0126. The average molecular weight is 299 g/mol. The Hall–Kier alpha value is -0.460. The molecule has 0 fully saturated rings. The van der Waals surface area contributed by atoms with Crippen molar-refractivity contribution in [3.8, 4) is 5.88 Å². The molecule has 0 amide bonds. The van der Waals surface area contributed by atoms with Crippen LogP contribution in [0.15, 0.2) is 6.07 Å². The number of aromatic nitrogens is 1. The highest BCUT2D eigenvalue weighted by Gasteiger charge is 2.16. The fourth-order valence-electron chi connectivity index (χ4n) is 0.983. The first-order chi connectivity index (χ1) is 6.06. The molecule has 5 heteroatoms. The lowest BCUT2D eigenvalue weighted by Crippen LogP contribution is -1.99. The Bertz CT molecular complexity index is 294. The van der Waals surface area contributed by atoms with Crippen LogP contribution in [0.1, 0.15) is 17.7 Å². The number of methoxy groups -OCH3 is 1. The smallest absolute Gasteiger partial charge is 0.266 e. The maximum absolute atomic E-state index is 12.4. The van der Waals surface area contributed by atoms with E-state index in [2.05, 4.69) is 4.98 Å². The summed E-state index contributed by atoms with van der Waals surface area (Å²) < 4.78 is 30.2. The van der Waals surface area contributed by atoms with Crippen LogP contribution in [-0.2, 0) is 0 Å². The van der Waals surface area contributed by atoms with Gasteiger partial charge in [-0.25, -0.2) is 13.8 Å². The third kappa shape index (κ3) is 2.26. The molecule has 0 aromatic carbocycles. The van der Waals surface area contributed by atoms with Crippen molar-refractivity contribution in [2.75, 3.05) is 7.11 Å². The van der Waals surface area contributed by atoms with Crippen LogP contribution in [0.5, 0.6) is 5.88 Å². The zero-order valence-electron chi connectivity index (χ0n) is 7.14. The van der Waals surface area contributed by atoms with E-state index >= 15 is 0 Å². The normalized spacial score (nSPS) is 10.6. The molecule has 0 aliphatic heterocycles. The second kappa shape index (κ2) is 4.17. The van der Waals surface area contributed by atoms with Crippen molar-refractivity contribution in [3.63, 3.8) is 0 Å². The van der Waals surface area contributed by atoms with Crippen LogP contribution in [0.3, 0.4) is 0 Å². The quantitative estimate of drug-likeness (QED) is 0.783. The average Bonchev–Trinajstić information content (AvgIpc) is 2.02. The van der Waals surface area contributed by atoms with Gasteiger partial charge in [0.2, 0.25) is 5.88 Å². The Labute approximate surface area is 88.5 Å². The lowest BCUT2D eigenvalue weighted by molar-refractivity contribution is 0.149. The van der Waals surface area contributed by atoms with Crippen LogP contribution in [0.25, 0.3) is 0 Å². The predicted octanol–water partition coefficient (Wildman–Crippen LogP) is 2.94. The van der Waals surface area contributed by atoms with Gasteiger partial charge in [0.05, 0.1) is 18.4 Å². The molecule has 1 rings (SSSR count). The molecular formula is C8H8F2INO. The first-order valence-corrected chi connectivity index (χ1v) is 4.63. The molecule has 0 N–H and O–H groups in total. The topological polar surface area (TPSA) is 22.1 Å². The van der Waals surface area contributed by atoms with E-state index in [9.17, 15) is 8.78 Å². The highest BCUT2D eigenvalue weighted by Crippen LogP contribution is 2.28. The van der Waals surface area contributed by atoms with E-state index < -0.39 is 6.43 Å². The highest BCUT2D eigenvalue weighted by molar-refractivity contribution is 14.1. The second-order valence-electron chi connectivity index (χ2n) is 2.45. The van der Waals surface area contributed by atoms with Gasteiger partial charge in [0.1, 0.15) is 0 Å². The van der Waals surface area contributed by atoms with Crippen molar-refractivity contribution >= 4 is 22.6 Å². The van der Waals surface area contributed by atoms with Crippen molar-refractivity contribution in [2.24, 2.45) is 0 Å². The third-order valence-electron chi connectivity index (χ3n) is 1.60. The molecule has 0 unspecified atom stereocenters. The molecular weight excluding hydrogens is 291 g/mol. The van der Waals surface area contributed by atoms with Crippen LogP contribution in [0.4, 0.5) is 8.78 Å². The number of halogens is 3. The van der Waals surface area contributed by atoms with E-state index in [0.717, 1.165) is 0 Å². The van der Waals surface area contributed by atoms with E-state index in [1.54, 1.807) is 6.92 Å². The van der Waals surface area contributed by atoms with Crippen molar-refractivity contribution in [3.05, 3.63) is 20.9 Å². The predicted molar refractivity (Wildman–Crippen MR) is 53.2 cm³/mol. The van der Waals surface area contributed by atoms with Crippen molar-refractivity contribution in [1.82, 2.24) is 4.98 Å². The van der Waals surface area contributed by atoms with E-state index in [1.807, 2.05) is 22.6 Å². The van der Waals surface area contributed by atoms with E-state index in [-0.39, 0.29) is 5.56 Å². The molecule has 0 aliphatic carbocycles. The van der Waals surface area contributed by atoms with Crippen LogP contribution in [0.2, 0.25) is 0 Å². The third-order valence-corrected chi connectivity index (χ3v) is 2.50. The largest absolute Gasteiger partial charge is 0.481 e.